The van der Waals surface area contributed by atoms with E-state index in [2.05, 4.69) is 32.6 Å². The van der Waals surface area contributed by atoms with Crippen LogP contribution in [0.1, 0.15) is 86.0 Å². The molecule has 1 fully saturated rings. The average Bonchev–Trinajstić information content (AvgIpc) is 2.49. The van der Waals surface area contributed by atoms with E-state index in [4.69, 9.17) is 0 Å². The summed E-state index contributed by atoms with van der Waals surface area (Å²) in [6.07, 6.45) is 10.7. The predicted octanol–water partition coefficient (Wildman–Crippen LogP) is 4.71. The Labute approximate surface area is 144 Å². The molecule has 1 atom stereocenters. The Morgan fingerprint density at radius 3 is 2.09 bits per heavy atom. The molecule has 3 heteroatoms. The molecule has 0 N–H and O–H groups in total. The maximum Gasteiger partial charge on any atom is 0.219 e. The third-order valence-electron chi connectivity index (χ3n) is 5.13. The van der Waals surface area contributed by atoms with Gasteiger partial charge in [0, 0.05) is 39.1 Å². The lowest BCUT2D eigenvalue weighted by Crippen LogP contribution is -2.51. The lowest BCUT2D eigenvalue weighted by atomic mass is 9.89. The number of piperazine rings is 1. The topological polar surface area (TPSA) is 23.6 Å². The molecule has 0 aromatic rings. The highest BCUT2D eigenvalue weighted by molar-refractivity contribution is 5.73. The van der Waals surface area contributed by atoms with Crippen LogP contribution in [0.2, 0.25) is 0 Å². The predicted molar refractivity (Wildman–Crippen MR) is 99.7 cm³/mol. The minimum absolute atomic E-state index is 0.233. The molecule has 23 heavy (non-hydrogen) atoms. The number of hydrogen-bond donors (Lipinski definition) is 0. The first-order chi connectivity index (χ1) is 10.8. The number of rotatable bonds is 9. The van der Waals surface area contributed by atoms with E-state index in [-0.39, 0.29) is 5.91 Å². The molecule has 1 heterocycles. The van der Waals surface area contributed by atoms with Gasteiger partial charge in [0.05, 0.1) is 0 Å². The molecule has 0 radical (unpaired) electrons. The molecule has 0 aromatic heterocycles. The molecule has 136 valence electrons. The lowest BCUT2D eigenvalue weighted by Gasteiger charge is -2.39. The second-order valence-electron chi connectivity index (χ2n) is 8.50. The molecule has 0 saturated carbocycles. The van der Waals surface area contributed by atoms with Gasteiger partial charge in [0.25, 0.3) is 0 Å². The van der Waals surface area contributed by atoms with E-state index in [1.54, 1.807) is 6.92 Å². The van der Waals surface area contributed by atoms with Crippen LogP contribution in [0.15, 0.2) is 0 Å². The van der Waals surface area contributed by atoms with Crippen molar-refractivity contribution in [3.05, 3.63) is 0 Å². The van der Waals surface area contributed by atoms with Gasteiger partial charge in [-0.2, -0.15) is 0 Å². The largest absolute Gasteiger partial charge is 0.340 e. The second kappa shape index (κ2) is 10.3. The summed E-state index contributed by atoms with van der Waals surface area (Å²) < 4.78 is 0. The number of hydrogen-bond acceptors (Lipinski definition) is 2. The van der Waals surface area contributed by atoms with Crippen LogP contribution in [0.3, 0.4) is 0 Å². The first-order valence-electron chi connectivity index (χ1n) is 9.83. The zero-order chi connectivity index (χ0) is 17.3. The van der Waals surface area contributed by atoms with Crippen LogP contribution in [0.4, 0.5) is 0 Å². The number of carbonyl (C=O) groups excluding carboxylic acids is 1. The summed E-state index contributed by atoms with van der Waals surface area (Å²) >= 11 is 0. The summed E-state index contributed by atoms with van der Waals surface area (Å²) in [5.74, 6) is 0.233. The van der Waals surface area contributed by atoms with Gasteiger partial charge in [0.1, 0.15) is 0 Å². The zero-order valence-electron chi connectivity index (χ0n) is 16.4. The summed E-state index contributed by atoms with van der Waals surface area (Å²) in [6.45, 7) is 15.0. The Bertz CT molecular complexity index is 327. The first-order valence-corrected chi connectivity index (χ1v) is 9.83. The maximum absolute atomic E-state index is 11.5. The van der Waals surface area contributed by atoms with Crippen molar-refractivity contribution in [2.75, 3.05) is 26.2 Å². The SMILES string of the molecule is CCCCC(CCCCCC(C)(C)C)N1CCN(C(C)=O)CC1. The van der Waals surface area contributed by atoms with Crippen molar-refractivity contribution >= 4 is 5.91 Å². The molecule has 1 saturated heterocycles. The van der Waals surface area contributed by atoms with E-state index in [0.29, 0.717) is 5.41 Å². The molecule has 1 rings (SSSR count). The molecule has 1 unspecified atom stereocenters. The molecule has 1 aliphatic heterocycles. The van der Waals surface area contributed by atoms with E-state index < -0.39 is 0 Å². The fourth-order valence-corrected chi connectivity index (χ4v) is 3.56. The highest BCUT2D eigenvalue weighted by Crippen LogP contribution is 2.24. The second-order valence-corrected chi connectivity index (χ2v) is 8.50. The molecule has 0 bridgehead atoms. The van der Waals surface area contributed by atoms with Crippen LogP contribution in [-0.2, 0) is 4.79 Å². The number of nitrogens with zero attached hydrogens (tertiary/aromatic N) is 2. The third kappa shape index (κ3) is 8.74. The van der Waals surface area contributed by atoms with Gasteiger partial charge in [-0.3, -0.25) is 9.69 Å². The molecule has 1 amide bonds. The summed E-state index contributed by atoms with van der Waals surface area (Å²) in [6, 6.07) is 0.735. The fourth-order valence-electron chi connectivity index (χ4n) is 3.56. The Morgan fingerprint density at radius 2 is 1.57 bits per heavy atom. The normalized spacial score (nSPS) is 18.2. The van der Waals surface area contributed by atoms with E-state index in [9.17, 15) is 4.79 Å². The quantitative estimate of drug-likeness (QED) is 0.574. The number of carbonyl (C=O) groups is 1. The number of unbranched alkanes of at least 4 members (excludes halogenated alkanes) is 3. The Balaban J connectivity index is 2.33. The van der Waals surface area contributed by atoms with Crippen molar-refractivity contribution in [2.24, 2.45) is 5.41 Å². The van der Waals surface area contributed by atoms with Gasteiger partial charge in [0.15, 0.2) is 0 Å². The molecule has 1 aliphatic rings. The smallest absolute Gasteiger partial charge is 0.219 e. The summed E-state index contributed by atoms with van der Waals surface area (Å²) in [7, 11) is 0. The van der Waals surface area contributed by atoms with E-state index in [1.807, 2.05) is 4.90 Å². The maximum atomic E-state index is 11.5. The van der Waals surface area contributed by atoms with Gasteiger partial charge in [-0.15, -0.1) is 0 Å². The zero-order valence-corrected chi connectivity index (χ0v) is 16.4. The van der Waals surface area contributed by atoms with Crippen molar-refractivity contribution < 1.29 is 4.79 Å². The van der Waals surface area contributed by atoms with Crippen molar-refractivity contribution in [2.45, 2.75) is 92.0 Å². The number of amides is 1. The monoisotopic (exact) mass is 324 g/mol. The van der Waals surface area contributed by atoms with E-state index >= 15 is 0 Å². The van der Waals surface area contributed by atoms with Crippen LogP contribution < -0.4 is 0 Å². The van der Waals surface area contributed by atoms with Gasteiger partial charge >= 0.3 is 0 Å². The average molecular weight is 325 g/mol. The van der Waals surface area contributed by atoms with Crippen molar-refractivity contribution in [1.82, 2.24) is 9.80 Å². The molecular formula is C20H40N2O. The lowest BCUT2D eigenvalue weighted by molar-refractivity contribution is -0.130. The molecule has 0 spiro atoms. The third-order valence-corrected chi connectivity index (χ3v) is 5.13. The Hall–Kier alpha value is -0.570. The van der Waals surface area contributed by atoms with E-state index in [1.165, 1.54) is 51.4 Å². The summed E-state index contributed by atoms with van der Waals surface area (Å²) in [5, 5.41) is 0. The van der Waals surface area contributed by atoms with Gasteiger partial charge in [0.2, 0.25) is 5.91 Å². The van der Waals surface area contributed by atoms with Crippen LogP contribution >= 0.6 is 0 Å². The van der Waals surface area contributed by atoms with Gasteiger partial charge in [-0.1, -0.05) is 59.8 Å². The van der Waals surface area contributed by atoms with Crippen molar-refractivity contribution in [3.63, 3.8) is 0 Å². The fraction of sp³-hybridized carbons (Fsp3) is 0.950. The van der Waals surface area contributed by atoms with Crippen LogP contribution in [0.25, 0.3) is 0 Å². The van der Waals surface area contributed by atoms with Gasteiger partial charge < -0.3 is 4.90 Å². The Morgan fingerprint density at radius 1 is 0.957 bits per heavy atom. The summed E-state index contributed by atoms with van der Waals surface area (Å²) in [4.78, 5) is 16.1. The molecular weight excluding hydrogens is 284 g/mol. The standard InChI is InChI=1S/C20H40N2O/c1-6-7-11-19(12-9-8-10-13-20(3,4)5)22-16-14-21(15-17-22)18(2)23/h19H,6-17H2,1-5H3. The summed E-state index contributed by atoms with van der Waals surface area (Å²) in [5.41, 5.74) is 0.477. The van der Waals surface area contributed by atoms with Gasteiger partial charge in [-0.05, 0) is 24.7 Å². The Kier molecular flexibility index (Phi) is 9.19. The van der Waals surface area contributed by atoms with Crippen LogP contribution in [-0.4, -0.2) is 47.9 Å². The van der Waals surface area contributed by atoms with E-state index in [0.717, 1.165) is 32.2 Å². The highest BCUT2D eigenvalue weighted by Gasteiger charge is 2.24. The first kappa shape index (κ1) is 20.5. The highest BCUT2D eigenvalue weighted by atomic mass is 16.2. The minimum Gasteiger partial charge on any atom is -0.340 e. The molecule has 0 aromatic carbocycles. The van der Waals surface area contributed by atoms with Crippen LogP contribution in [0, 0.1) is 5.41 Å². The minimum atomic E-state index is 0.233. The van der Waals surface area contributed by atoms with Crippen molar-refractivity contribution in [3.8, 4) is 0 Å². The van der Waals surface area contributed by atoms with Crippen molar-refractivity contribution in [1.29, 1.82) is 0 Å². The molecule has 0 aliphatic carbocycles. The van der Waals surface area contributed by atoms with Crippen LogP contribution in [0.5, 0.6) is 0 Å². The molecule has 3 nitrogen and oxygen atoms in total. The van der Waals surface area contributed by atoms with Gasteiger partial charge in [-0.25, -0.2) is 0 Å².